The van der Waals surface area contributed by atoms with Gasteiger partial charge in [0.15, 0.2) is 0 Å². The van der Waals surface area contributed by atoms with Gasteiger partial charge in [-0.15, -0.1) is 0 Å². The number of benzene rings is 1. The second-order valence-corrected chi connectivity index (χ2v) is 6.87. The van der Waals surface area contributed by atoms with Crippen LogP contribution >= 0.6 is 15.9 Å². The quantitative estimate of drug-likeness (QED) is 0.600. The standard InChI is InChI=1S/C18H28BrNO2/c1-21-9-3-5-14-11-15(6-4-10-22-2)18(19)16(12-14)13-20-17-7-8-17/h11-12,17,20H,3-10,13H2,1-2H3. The van der Waals surface area contributed by atoms with Gasteiger partial charge in [0.25, 0.3) is 0 Å². The lowest BCUT2D eigenvalue weighted by Gasteiger charge is -2.14. The lowest BCUT2D eigenvalue weighted by Crippen LogP contribution is -2.16. The number of rotatable bonds is 11. The molecule has 0 radical (unpaired) electrons. The van der Waals surface area contributed by atoms with E-state index in [2.05, 4.69) is 33.4 Å². The summed E-state index contributed by atoms with van der Waals surface area (Å²) in [6.07, 6.45) is 6.92. The van der Waals surface area contributed by atoms with E-state index in [1.165, 1.54) is 34.0 Å². The minimum absolute atomic E-state index is 0.737. The third-order valence-corrected chi connectivity index (χ3v) is 5.07. The van der Waals surface area contributed by atoms with Crippen LogP contribution in [0.25, 0.3) is 0 Å². The van der Waals surface area contributed by atoms with Gasteiger partial charge in [0, 0.05) is 44.5 Å². The molecule has 1 N–H and O–H groups in total. The molecule has 0 unspecified atom stereocenters. The number of halogens is 1. The highest BCUT2D eigenvalue weighted by atomic mass is 79.9. The van der Waals surface area contributed by atoms with Gasteiger partial charge >= 0.3 is 0 Å². The third kappa shape index (κ3) is 5.99. The predicted octanol–water partition coefficient (Wildman–Crippen LogP) is 3.86. The van der Waals surface area contributed by atoms with Crippen molar-refractivity contribution in [3.8, 4) is 0 Å². The number of ether oxygens (including phenoxy) is 2. The van der Waals surface area contributed by atoms with Gasteiger partial charge in [-0.3, -0.25) is 0 Å². The molecule has 1 aromatic rings. The molecule has 1 aliphatic rings. The number of methoxy groups -OCH3 is 2. The fraction of sp³-hybridized carbons (Fsp3) is 0.667. The Morgan fingerprint density at radius 3 is 2.32 bits per heavy atom. The van der Waals surface area contributed by atoms with Crippen LogP contribution in [0, 0.1) is 0 Å². The first-order valence-corrected chi connectivity index (χ1v) is 9.05. The van der Waals surface area contributed by atoms with Gasteiger partial charge in [-0.25, -0.2) is 0 Å². The maximum Gasteiger partial charge on any atom is 0.0465 e. The van der Waals surface area contributed by atoms with Crippen LogP contribution in [-0.4, -0.2) is 33.5 Å². The Morgan fingerprint density at radius 1 is 1.05 bits per heavy atom. The zero-order valence-electron chi connectivity index (χ0n) is 13.8. The second-order valence-electron chi connectivity index (χ2n) is 6.08. The smallest absolute Gasteiger partial charge is 0.0465 e. The van der Waals surface area contributed by atoms with Crippen LogP contribution in [0.15, 0.2) is 16.6 Å². The van der Waals surface area contributed by atoms with Crippen molar-refractivity contribution < 1.29 is 9.47 Å². The molecule has 0 aromatic heterocycles. The van der Waals surface area contributed by atoms with Crippen LogP contribution < -0.4 is 5.32 Å². The summed E-state index contributed by atoms with van der Waals surface area (Å²) in [5.74, 6) is 0. The summed E-state index contributed by atoms with van der Waals surface area (Å²) in [6.45, 7) is 2.60. The lowest BCUT2D eigenvalue weighted by atomic mass is 9.99. The van der Waals surface area contributed by atoms with Crippen molar-refractivity contribution in [1.82, 2.24) is 5.32 Å². The molecule has 0 heterocycles. The Bertz CT molecular complexity index is 461. The average molecular weight is 370 g/mol. The number of nitrogens with one attached hydrogen (secondary N) is 1. The van der Waals surface area contributed by atoms with E-state index in [1.807, 2.05) is 0 Å². The average Bonchev–Trinajstić information content (AvgIpc) is 3.33. The van der Waals surface area contributed by atoms with Crippen LogP contribution in [0.3, 0.4) is 0 Å². The number of aryl methyl sites for hydroxylation is 2. The highest BCUT2D eigenvalue weighted by molar-refractivity contribution is 9.10. The molecule has 2 rings (SSSR count). The molecule has 1 aromatic carbocycles. The molecule has 3 nitrogen and oxygen atoms in total. The van der Waals surface area contributed by atoms with E-state index < -0.39 is 0 Å². The summed E-state index contributed by atoms with van der Waals surface area (Å²) < 4.78 is 11.6. The van der Waals surface area contributed by atoms with Crippen molar-refractivity contribution >= 4 is 15.9 Å². The van der Waals surface area contributed by atoms with E-state index in [-0.39, 0.29) is 0 Å². The molecule has 22 heavy (non-hydrogen) atoms. The highest BCUT2D eigenvalue weighted by Gasteiger charge is 2.20. The van der Waals surface area contributed by atoms with Gasteiger partial charge < -0.3 is 14.8 Å². The van der Waals surface area contributed by atoms with Crippen molar-refractivity contribution in [3.63, 3.8) is 0 Å². The van der Waals surface area contributed by atoms with Crippen molar-refractivity contribution in [2.75, 3.05) is 27.4 Å². The first-order valence-electron chi connectivity index (χ1n) is 8.26. The second kappa shape index (κ2) is 9.66. The van der Waals surface area contributed by atoms with Crippen molar-refractivity contribution in [1.29, 1.82) is 0 Å². The molecule has 0 amide bonds. The van der Waals surface area contributed by atoms with E-state index >= 15 is 0 Å². The molecule has 1 aliphatic carbocycles. The summed E-state index contributed by atoms with van der Waals surface area (Å²) in [5.41, 5.74) is 4.20. The first kappa shape index (κ1) is 17.9. The lowest BCUT2D eigenvalue weighted by molar-refractivity contribution is 0.195. The summed E-state index contributed by atoms with van der Waals surface area (Å²) in [4.78, 5) is 0. The topological polar surface area (TPSA) is 30.5 Å². The molecule has 0 atom stereocenters. The monoisotopic (exact) mass is 369 g/mol. The summed E-state index contributed by atoms with van der Waals surface area (Å²) in [7, 11) is 3.53. The predicted molar refractivity (Wildman–Crippen MR) is 94.4 cm³/mol. The summed E-state index contributed by atoms with van der Waals surface area (Å²) >= 11 is 3.81. The van der Waals surface area contributed by atoms with Gasteiger partial charge in [-0.1, -0.05) is 28.1 Å². The van der Waals surface area contributed by atoms with Crippen molar-refractivity contribution in [2.45, 2.75) is 51.1 Å². The Morgan fingerprint density at radius 2 is 1.68 bits per heavy atom. The Hall–Kier alpha value is -0.420. The van der Waals surface area contributed by atoms with E-state index in [0.717, 1.165) is 51.5 Å². The molecule has 1 saturated carbocycles. The Balaban J connectivity index is 2.05. The van der Waals surface area contributed by atoms with Gasteiger partial charge in [0.1, 0.15) is 0 Å². The molecular weight excluding hydrogens is 342 g/mol. The van der Waals surface area contributed by atoms with Gasteiger partial charge in [0.05, 0.1) is 0 Å². The van der Waals surface area contributed by atoms with Crippen LogP contribution in [0.1, 0.15) is 42.4 Å². The summed E-state index contributed by atoms with van der Waals surface area (Å²) in [6, 6.07) is 5.42. The maximum atomic E-state index is 5.19. The van der Waals surface area contributed by atoms with Gasteiger partial charge in [-0.05, 0) is 55.2 Å². The number of hydrogen-bond acceptors (Lipinski definition) is 3. The van der Waals surface area contributed by atoms with E-state index in [9.17, 15) is 0 Å². The van der Waals surface area contributed by atoms with Crippen molar-refractivity contribution in [3.05, 3.63) is 33.3 Å². The Labute approximate surface area is 142 Å². The fourth-order valence-electron chi connectivity index (χ4n) is 2.65. The maximum absolute atomic E-state index is 5.19. The molecule has 4 heteroatoms. The minimum atomic E-state index is 0.737. The molecule has 0 spiro atoms. The van der Waals surface area contributed by atoms with Gasteiger partial charge in [0.2, 0.25) is 0 Å². The van der Waals surface area contributed by atoms with E-state index in [4.69, 9.17) is 9.47 Å². The Kier molecular flexibility index (Phi) is 7.87. The van der Waals surface area contributed by atoms with Crippen LogP contribution in [0.2, 0.25) is 0 Å². The molecule has 0 aliphatic heterocycles. The van der Waals surface area contributed by atoms with Crippen LogP contribution in [-0.2, 0) is 28.9 Å². The zero-order valence-corrected chi connectivity index (χ0v) is 15.4. The van der Waals surface area contributed by atoms with E-state index in [1.54, 1.807) is 14.2 Å². The molecule has 124 valence electrons. The van der Waals surface area contributed by atoms with E-state index in [0.29, 0.717) is 0 Å². The fourth-order valence-corrected chi connectivity index (χ4v) is 3.21. The molecular formula is C18H28BrNO2. The highest BCUT2D eigenvalue weighted by Crippen LogP contribution is 2.27. The van der Waals surface area contributed by atoms with Gasteiger partial charge in [-0.2, -0.15) is 0 Å². The third-order valence-electron chi connectivity index (χ3n) is 4.05. The zero-order chi connectivity index (χ0) is 15.8. The number of hydrogen-bond donors (Lipinski definition) is 1. The first-order chi connectivity index (χ1) is 10.7. The van der Waals surface area contributed by atoms with Crippen LogP contribution in [0.4, 0.5) is 0 Å². The largest absolute Gasteiger partial charge is 0.385 e. The molecule has 0 saturated heterocycles. The SMILES string of the molecule is COCCCc1cc(CCCOC)c(Br)c(CNC2CC2)c1. The molecule has 0 bridgehead atoms. The van der Waals surface area contributed by atoms with Crippen molar-refractivity contribution in [2.24, 2.45) is 0 Å². The minimum Gasteiger partial charge on any atom is -0.385 e. The molecule has 1 fully saturated rings. The summed E-state index contributed by atoms with van der Waals surface area (Å²) in [5, 5.41) is 3.62. The normalized spacial score (nSPS) is 14.5. The van der Waals surface area contributed by atoms with Crippen LogP contribution in [0.5, 0.6) is 0 Å².